The Hall–Kier alpha value is -4.21. The van der Waals surface area contributed by atoms with Gasteiger partial charge >= 0.3 is 11.7 Å². The molecule has 0 spiro atoms. The van der Waals surface area contributed by atoms with Crippen LogP contribution in [-0.4, -0.2) is 34.2 Å². The number of carbonyl (C=O) groups is 3. The Kier molecular flexibility index (Phi) is 6.38. The first-order chi connectivity index (χ1) is 14.4. The highest BCUT2D eigenvalue weighted by Gasteiger charge is 2.15. The Bertz CT molecular complexity index is 1120. The van der Waals surface area contributed by atoms with E-state index in [1.165, 1.54) is 6.92 Å². The molecule has 0 saturated heterocycles. The second-order valence-corrected chi connectivity index (χ2v) is 6.17. The van der Waals surface area contributed by atoms with Gasteiger partial charge in [-0.15, -0.1) is 5.10 Å². The number of hydrogen-bond donors (Lipinski definition) is 2. The summed E-state index contributed by atoms with van der Waals surface area (Å²) in [4.78, 5) is 46.9. The largest absolute Gasteiger partial charge is 0.454 e. The summed E-state index contributed by atoms with van der Waals surface area (Å²) in [6, 6.07) is 15.2. The maximum Gasteiger partial charge on any atom is 0.437 e. The van der Waals surface area contributed by atoms with Crippen molar-refractivity contribution in [3.8, 4) is 11.5 Å². The predicted octanol–water partition coefficient (Wildman–Crippen LogP) is 1.64. The van der Waals surface area contributed by atoms with Crippen molar-refractivity contribution in [3.05, 3.63) is 65.1 Å². The van der Waals surface area contributed by atoms with Crippen LogP contribution in [0.25, 0.3) is 11.5 Å². The Labute approximate surface area is 170 Å². The van der Waals surface area contributed by atoms with Gasteiger partial charge in [0.05, 0.1) is 0 Å². The first-order valence-corrected chi connectivity index (χ1v) is 8.87. The number of anilines is 2. The molecule has 0 radical (unpaired) electrons. The van der Waals surface area contributed by atoms with Crippen LogP contribution >= 0.6 is 0 Å². The predicted molar refractivity (Wildman–Crippen MR) is 107 cm³/mol. The molecule has 0 aliphatic carbocycles. The average molecular weight is 410 g/mol. The van der Waals surface area contributed by atoms with Crippen LogP contribution in [0.4, 0.5) is 11.4 Å². The van der Waals surface area contributed by atoms with Gasteiger partial charge in [-0.25, -0.2) is 4.79 Å². The Balaban J connectivity index is 1.52. The molecule has 2 N–H and O–H groups in total. The molecule has 2 aromatic carbocycles. The van der Waals surface area contributed by atoms with Crippen LogP contribution in [0.5, 0.6) is 0 Å². The van der Waals surface area contributed by atoms with Crippen LogP contribution in [0, 0.1) is 0 Å². The molecule has 3 aromatic rings. The van der Waals surface area contributed by atoms with Gasteiger partial charge in [-0.2, -0.15) is 4.68 Å². The molecular weight excluding hydrogens is 392 g/mol. The summed E-state index contributed by atoms with van der Waals surface area (Å²) in [5.41, 5.74) is 1.52. The van der Waals surface area contributed by atoms with Gasteiger partial charge in [0, 0.05) is 23.9 Å². The van der Waals surface area contributed by atoms with Gasteiger partial charge in [0.25, 0.3) is 5.91 Å². The minimum Gasteiger partial charge on any atom is -0.454 e. The van der Waals surface area contributed by atoms with E-state index in [2.05, 4.69) is 15.7 Å². The Morgan fingerprint density at radius 3 is 2.43 bits per heavy atom. The molecule has 0 bridgehead atoms. The summed E-state index contributed by atoms with van der Waals surface area (Å²) in [6.07, 6.45) is 0. The highest BCUT2D eigenvalue weighted by atomic mass is 16.5. The fourth-order valence-corrected chi connectivity index (χ4v) is 2.49. The van der Waals surface area contributed by atoms with Gasteiger partial charge in [0.2, 0.25) is 11.8 Å². The molecule has 1 aromatic heterocycles. The van der Waals surface area contributed by atoms with Crippen molar-refractivity contribution in [2.45, 2.75) is 13.5 Å². The van der Waals surface area contributed by atoms with Gasteiger partial charge in [0.15, 0.2) is 6.61 Å². The number of rotatable bonds is 7. The van der Waals surface area contributed by atoms with Gasteiger partial charge < -0.3 is 19.8 Å². The summed E-state index contributed by atoms with van der Waals surface area (Å²) in [6.45, 7) is 0.315. The topological polar surface area (TPSA) is 133 Å². The number of aromatic nitrogens is 2. The van der Waals surface area contributed by atoms with Crippen LogP contribution in [0.15, 0.2) is 63.8 Å². The number of benzene rings is 2. The minimum absolute atomic E-state index is 0.0743. The zero-order valence-corrected chi connectivity index (χ0v) is 16.0. The zero-order chi connectivity index (χ0) is 21.5. The maximum atomic E-state index is 12.0. The van der Waals surface area contributed by atoms with Gasteiger partial charge in [-0.3, -0.25) is 14.4 Å². The zero-order valence-electron chi connectivity index (χ0n) is 16.0. The molecule has 0 aliphatic heterocycles. The molecule has 30 heavy (non-hydrogen) atoms. The number of nitrogens with one attached hydrogen (secondary N) is 2. The summed E-state index contributed by atoms with van der Waals surface area (Å²) in [7, 11) is 0. The molecule has 0 fully saturated rings. The first kappa shape index (κ1) is 20.5. The van der Waals surface area contributed by atoms with Crippen LogP contribution in [0.3, 0.4) is 0 Å². The van der Waals surface area contributed by atoms with Crippen LogP contribution in [0.2, 0.25) is 0 Å². The normalized spacial score (nSPS) is 10.3. The molecule has 0 atom stereocenters. The lowest BCUT2D eigenvalue weighted by Gasteiger charge is -2.08. The summed E-state index contributed by atoms with van der Waals surface area (Å²) >= 11 is 0. The third kappa shape index (κ3) is 5.64. The van der Waals surface area contributed by atoms with Crippen LogP contribution in [0.1, 0.15) is 6.92 Å². The Morgan fingerprint density at radius 2 is 1.73 bits per heavy atom. The van der Waals surface area contributed by atoms with E-state index in [0.717, 1.165) is 4.68 Å². The fourth-order valence-electron chi connectivity index (χ4n) is 2.49. The molecule has 1 heterocycles. The number of nitrogens with zero attached hydrogens (tertiary/aromatic N) is 2. The molecule has 10 nitrogen and oxygen atoms in total. The van der Waals surface area contributed by atoms with E-state index in [-0.39, 0.29) is 11.8 Å². The molecular formula is C20H18N4O6. The molecule has 0 saturated carbocycles. The van der Waals surface area contributed by atoms with Crippen molar-refractivity contribution in [2.75, 3.05) is 17.2 Å². The third-order valence-electron chi connectivity index (χ3n) is 3.74. The monoisotopic (exact) mass is 410 g/mol. The number of hydrogen-bond acceptors (Lipinski definition) is 7. The van der Waals surface area contributed by atoms with Crippen molar-refractivity contribution in [2.24, 2.45) is 0 Å². The molecule has 2 amide bonds. The lowest BCUT2D eigenvalue weighted by atomic mass is 10.2. The molecule has 154 valence electrons. The van der Waals surface area contributed by atoms with Crippen molar-refractivity contribution >= 4 is 29.2 Å². The minimum atomic E-state index is -0.827. The van der Waals surface area contributed by atoms with Gasteiger partial charge in [-0.1, -0.05) is 24.3 Å². The average Bonchev–Trinajstić information content (AvgIpc) is 3.07. The second kappa shape index (κ2) is 9.32. The van der Waals surface area contributed by atoms with Gasteiger partial charge in [-0.05, 0) is 30.3 Å². The van der Waals surface area contributed by atoms with Gasteiger partial charge in [0.1, 0.15) is 6.54 Å². The van der Waals surface area contributed by atoms with Crippen molar-refractivity contribution in [1.29, 1.82) is 0 Å². The van der Waals surface area contributed by atoms with Crippen LogP contribution < -0.4 is 16.4 Å². The lowest BCUT2D eigenvalue weighted by Crippen LogP contribution is -2.26. The molecule has 10 heteroatoms. The maximum absolute atomic E-state index is 12.0. The van der Waals surface area contributed by atoms with Crippen molar-refractivity contribution in [3.63, 3.8) is 0 Å². The first-order valence-electron chi connectivity index (χ1n) is 8.87. The van der Waals surface area contributed by atoms with E-state index < -0.39 is 30.8 Å². The molecule has 0 unspecified atom stereocenters. The number of amides is 2. The third-order valence-corrected chi connectivity index (χ3v) is 3.74. The lowest BCUT2D eigenvalue weighted by molar-refractivity contribution is -0.148. The van der Waals surface area contributed by atoms with Crippen molar-refractivity contribution < 1.29 is 23.5 Å². The number of carbonyl (C=O) groups excluding carboxylic acids is 3. The van der Waals surface area contributed by atoms with E-state index >= 15 is 0 Å². The quantitative estimate of drug-likeness (QED) is 0.566. The Morgan fingerprint density at radius 1 is 1.03 bits per heavy atom. The van der Waals surface area contributed by atoms with E-state index in [1.54, 1.807) is 54.6 Å². The standard InChI is InChI=1S/C20H18N4O6/c1-13(25)21-15-8-5-9-16(10-15)22-17(26)12-29-18(27)11-24-20(28)30-19(23-24)14-6-3-2-4-7-14/h2-10H,11-12H2,1H3,(H,21,25)(H,22,26). The highest BCUT2D eigenvalue weighted by molar-refractivity contribution is 5.94. The fraction of sp³-hybridized carbons (Fsp3) is 0.150. The summed E-state index contributed by atoms with van der Waals surface area (Å²) in [5.74, 6) is -2.39. The SMILES string of the molecule is CC(=O)Nc1cccc(NC(=O)COC(=O)Cn2nc(-c3ccccc3)oc2=O)c1. The van der Waals surface area contributed by atoms with Crippen LogP contribution in [-0.2, 0) is 25.7 Å². The van der Waals surface area contributed by atoms with E-state index in [0.29, 0.717) is 16.9 Å². The molecule has 0 aliphatic rings. The number of esters is 1. The second-order valence-electron chi connectivity index (χ2n) is 6.17. The highest BCUT2D eigenvalue weighted by Crippen LogP contribution is 2.15. The van der Waals surface area contributed by atoms with E-state index in [1.807, 2.05) is 0 Å². The van der Waals surface area contributed by atoms with E-state index in [9.17, 15) is 19.2 Å². The number of ether oxygens (including phenoxy) is 1. The van der Waals surface area contributed by atoms with Crippen molar-refractivity contribution in [1.82, 2.24) is 9.78 Å². The molecule has 3 rings (SSSR count). The summed E-state index contributed by atoms with van der Waals surface area (Å²) < 4.78 is 10.7. The summed E-state index contributed by atoms with van der Waals surface area (Å²) in [5, 5.41) is 9.08. The smallest absolute Gasteiger partial charge is 0.437 e. The van der Waals surface area contributed by atoms with E-state index in [4.69, 9.17) is 9.15 Å².